The van der Waals surface area contributed by atoms with Gasteiger partial charge in [-0.05, 0) is 31.0 Å². The molecule has 0 saturated carbocycles. The number of hydrogen-bond acceptors (Lipinski definition) is 1. The molecule has 0 amide bonds. The highest BCUT2D eigenvalue weighted by Crippen LogP contribution is 2.31. The first-order valence-corrected chi connectivity index (χ1v) is 5.44. The Morgan fingerprint density at radius 3 is 2.87 bits per heavy atom. The lowest BCUT2D eigenvalue weighted by molar-refractivity contribution is 0.0485. The molecule has 0 radical (unpaired) electrons. The SMILES string of the molecule is CCCC(C)(O)c1cccc2[nH]ccc12. The van der Waals surface area contributed by atoms with E-state index in [2.05, 4.69) is 11.9 Å². The number of aromatic amines is 1. The van der Waals surface area contributed by atoms with E-state index < -0.39 is 5.60 Å². The highest BCUT2D eigenvalue weighted by molar-refractivity contribution is 5.83. The van der Waals surface area contributed by atoms with Crippen LogP contribution in [0.15, 0.2) is 30.5 Å². The Morgan fingerprint density at radius 2 is 2.13 bits per heavy atom. The van der Waals surface area contributed by atoms with Gasteiger partial charge in [-0.2, -0.15) is 0 Å². The fraction of sp³-hybridized carbons (Fsp3) is 0.385. The van der Waals surface area contributed by atoms with Crippen molar-refractivity contribution in [2.45, 2.75) is 32.3 Å². The van der Waals surface area contributed by atoms with Crippen LogP contribution in [0.25, 0.3) is 10.9 Å². The van der Waals surface area contributed by atoms with Gasteiger partial charge in [-0.3, -0.25) is 0 Å². The molecule has 2 aromatic rings. The minimum absolute atomic E-state index is 0.726. The summed E-state index contributed by atoms with van der Waals surface area (Å²) in [4.78, 5) is 3.16. The van der Waals surface area contributed by atoms with Gasteiger partial charge in [0.1, 0.15) is 0 Å². The Balaban J connectivity index is 2.55. The van der Waals surface area contributed by atoms with Crippen LogP contribution >= 0.6 is 0 Å². The van der Waals surface area contributed by atoms with Crippen LogP contribution in [-0.4, -0.2) is 10.1 Å². The van der Waals surface area contributed by atoms with Gasteiger partial charge in [0, 0.05) is 17.1 Å². The smallest absolute Gasteiger partial charge is 0.0875 e. The van der Waals surface area contributed by atoms with E-state index in [1.54, 1.807) is 0 Å². The van der Waals surface area contributed by atoms with Crippen LogP contribution in [-0.2, 0) is 5.60 Å². The van der Waals surface area contributed by atoms with Gasteiger partial charge in [0.2, 0.25) is 0 Å². The fourth-order valence-electron chi connectivity index (χ4n) is 2.18. The molecule has 2 nitrogen and oxygen atoms in total. The monoisotopic (exact) mass is 203 g/mol. The number of aromatic nitrogens is 1. The van der Waals surface area contributed by atoms with Crippen molar-refractivity contribution in [2.24, 2.45) is 0 Å². The van der Waals surface area contributed by atoms with Crippen molar-refractivity contribution in [2.75, 3.05) is 0 Å². The van der Waals surface area contributed by atoms with Crippen molar-refractivity contribution in [3.8, 4) is 0 Å². The lowest BCUT2D eigenvalue weighted by atomic mass is 9.89. The van der Waals surface area contributed by atoms with Gasteiger partial charge in [-0.15, -0.1) is 0 Å². The summed E-state index contributed by atoms with van der Waals surface area (Å²) >= 11 is 0. The molecule has 1 unspecified atom stereocenters. The van der Waals surface area contributed by atoms with E-state index >= 15 is 0 Å². The lowest BCUT2D eigenvalue weighted by Gasteiger charge is -2.24. The lowest BCUT2D eigenvalue weighted by Crippen LogP contribution is -2.20. The first kappa shape index (κ1) is 10.2. The average molecular weight is 203 g/mol. The van der Waals surface area contributed by atoms with Crippen molar-refractivity contribution in [3.63, 3.8) is 0 Å². The van der Waals surface area contributed by atoms with Gasteiger partial charge >= 0.3 is 0 Å². The van der Waals surface area contributed by atoms with Crippen molar-refractivity contribution < 1.29 is 5.11 Å². The predicted molar refractivity (Wildman–Crippen MR) is 62.8 cm³/mol. The molecule has 1 atom stereocenters. The number of aliphatic hydroxyl groups is 1. The van der Waals surface area contributed by atoms with Gasteiger partial charge in [0.05, 0.1) is 5.60 Å². The molecule has 15 heavy (non-hydrogen) atoms. The average Bonchev–Trinajstić information content (AvgIpc) is 2.64. The van der Waals surface area contributed by atoms with Crippen LogP contribution in [0.2, 0.25) is 0 Å². The van der Waals surface area contributed by atoms with Gasteiger partial charge in [-0.25, -0.2) is 0 Å². The van der Waals surface area contributed by atoms with E-state index in [0.29, 0.717) is 0 Å². The first-order valence-electron chi connectivity index (χ1n) is 5.44. The molecule has 0 saturated heterocycles. The zero-order valence-electron chi connectivity index (χ0n) is 9.25. The highest BCUT2D eigenvalue weighted by atomic mass is 16.3. The first-order chi connectivity index (χ1) is 7.15. The van der Waals surface area contributed by atoms with Crippen molar-refractivity contribution >= 4 is 10.9 Å². The molecule has 0 aliphatic carbocycles. The topological polar surface area (TPSA) is 36.0 Å². The van der Waals surface area contributed by atoms with Crippen LogP contribution in [0.3, 0.4) is 0 Å². The summed E-state index contributed by atoms with van der Waals surface area (Å²) in [6.07, 6.45) is 3.68. The molecule has 80 valence electrons. The van der Waals surface area contributed by atoms with Crippen molar-refractivity contribution in [1.29, 1.82) is 0 Å². The van der Waals surface area contributed by atoms with Crippen molar-refractivity contribution in [1.82, 2.24) is 4.98 Å². The van der Waals surface area contributed by atoms with Crippen LogP contribution < -0.4 is 0 Å². The Kier molecular flexibility index (Phi) is 2.53. The van der Waals surface area contributed by atoms with Crippen LogP contribution in [0.5, 0.6) is 0 Å². The van der Waals surface area contributed by atoms with E-state index in [1.165, 1.54) is 0 Å². The minimum atomic E-state index is -0.726. The number of fused-ring (bicyclic) bond motifs is 1. The molecular weight excluding hydrogens is 186 g/mol. The Labute approximate surface area is 89.9 Å². The van der Waals surface area contributed by atoms with Crippen LogP contribution in [0, 0.1) is 0 Å². The summed E-state index contributed by atoms with van der Waals surface area (Å²) in [5.74, 6) is 0. The third-order valence-electron chi connectivity index (χ3n) is 2.91. The van der Waals surface area contributed by atoms with Gasteiger partial charge in [-0.1, -0.05) is 25.5 Å². The number of nitrogens with one attached hydrogen (secondary N) is 1. The van der Waals surface area contributed by atoms with E-state index in [9.17, 15) is 5.11 Å². The largest absolute Gasteiger partial charge is 0.385 e. The Hall–Kier alpha value is -1.28. The third kappa shape index (κ3) is 1.77. The summed E-state index contributed by atoms with van der Waals surface area (Å²) in [5.41, 5.74) is 1.38. The molecule has 0 aliphatic rings. The van der Waals surface area contributed by atoms with E-state index in [0.717, 1.165) is 29.3 Å². The maximum Gasteiger partial charge on any atom is 0.0875 e. The maximum atomic E-state index is 10.4. The van der Waals surface area contributed by atoms with Gasteiger partial charge in [0.25, 0.3) is 0 Å². The summed E-state index contributed by atoms with van der Waals surface area (Å²) in [5, 5.41) is 11.5. The normalized spacial score (nSPS) is 15.4. The quantitative estimate of drug-likeness (QED) is 0.789. The third-order valence-corrected chi connectivity index (χ3v) is 2.91. The fourth-order valence-corrected chi connectivity index (χ4v) is 2.18. The molecule has 2 N–H and O–H groups in total. The van der Waals surface area contributed by atoms with E-state index in [4.69, 9.17) is 0 Å². The van der Waals surface area contributed by atoms with Crippen LogP contribution in [0.1, 0.15) is 32.3 Å². The molecule has 2 heteroatoms. The maximum absolute atomic E-state index is 10.4. The highest BCUT2D eigenvalue weighted by Gasteiger charge is 2.23. The number of hydrogen-bond donors (Lipinski definition) is 2. The number of H-pyrrole nitrogens is 1. The van der Waals surface area contributed by atoms with Crippen molar-refractivity contribution in [3.05, 3.63) is 36.0 Å². The summed E-state index contributed by atoms with van der Waals surface area (Å²) < 4.78 is 0. The second kappa shape index (κ2) is 3.70. The molecule has 0 fully saturated rings. The molecule has 1 aromatic carbocycles. The molecule has 0 spiro atoms. The second-order valence-electron chi connectivity index (χ2n) is 4.27. The van der Waals surface area contributed by atoms with Gasteiger partial charge in [0.15, 0.2) is 0 Å². The number of rotatable bonds is 3. The van der Waals surface area contributed by atoms with E-state index in [1.807, 2.05) is 37.4 Å². The zero-order valence-corrected chi connectivity index (χ0v) is 9.25. The second-order valence-corrected chi connectivity index (χ2v) is 4.27. The Bertz CT molecular complexity index is 456. The molecular formula is C13H17NO. The molecule has 1 heterocycles. The minimum Gasteiger partial charge on any atom is -0.385 e. The van der Waals surface area contributed by atoms with Gasteiger partial charge < -0.3 is 10.1 Å². The summed E-state index contributed by atoms with van der Waals surface area (Å²) in [6.45, 7) is 3.98. The molecule has 1 aromatic heterocycles. The summed E-state index contributed by atoms with van der Waals surface area (Å²) in [7, 11) is 0. The standard InChI is InChI=1S/C13H17NO/c1-3-8-13(2,15)11-5-4-6-12-10(11)7-9-14-12/h4-7,9,14-15H,3,8H2,1-2H3. The van der Waals surface area contributed by atoms with E-state index in [-0.39, 0.29) is 0 Å². The predicted octanol–water partition coefficient (Wildman–Crippen LogP) is 3.18. The molecule has 2 rings (SSSR count). The Morgan fingerprint density at radius 1 is 1.33 bits per heavy atom. The zero-order chi connectivity index (χ0) is 10.9. The molecule has 0 aliphatic heterocycles. The van der Waals surface area contributed by atoms with Crippen LogP contribution in [0.4, 0.5) is 0 Å². The number of benzene rings is 1. The summed E-state index contributed by atoms with van der Waals surface area (Å²) in [6, 6.07) is 8.04. The molecule has 0 bridgehead atoms.